The van der Waals surface area contributed by atoms with Crippen molar-refractivity contribution in [3.8, 4) is 0 Å². The summed E-state index contributed by atoms with van der Waals surface area (Å²) < 4.78 is 16.9. The molecule has 1 aromatic heterocycles. The maximum absolute atomic E-state index is 12.5. The minimum absolute atomic E-state index is 0.0263. The van der Waals surface area contributed by atoms with Gasteiger partial charge in [0.2, 0.25) is 5.52 Å². The molecule has 0 fully saturated rings. The lowest BCUT2D eigenvalue weighted by atomic mass is 10.3. The fourth-order valence-electron chi connectivity index (χ4n) is 1.90. The first kappa shape index (κ1) is 13.2. The highest BCUT2D eigenvalue weighted by atomic mass is 32.2. The van der Waals surface area contributed by atoms with Gasteiger partial charge in [-0.15, -0.1) is 0 Å². The number of nitro groups is 1. The predicted molar refractivity (Wildman–Crippen MR) is 70.7 cm³/mol. The van der Waals surface area contributed by atoms with Crippen molar-refractivity contribution >= 4 is 27.5 Å². The number of hydrogen-bond donors (Lipinski definition) is 0. The summed E-state index contributed by atoms with van der Waals surface area (Å²) in [5.74, 6) is 0. The highest BCUT2D eigenvalue weighted by Gasteiger charge is 2.28. The molecule has 1 unspecified atom stereocenters. The van der Waals surface area contributed by atoms with Crippen LogP contribution in [-0.4, -0.2) is 14.3 Å². The van der Waals surface area contributed by atoms with Crippen LogP contribution in [0, 0.1) is 15.3 Å². The zero-order valence-corrected chi connectivity index (χ0v) is 11.1. The lowest BCUT2D eigenvalue weighted by molar-refractivity contribution is -0.783. The second-order valence-corrected chi connectivity index (χ2v) is 5.50. The maximum Gasteiger partial charge on any atom is 0.327 e. The Hall–Kier alpha value is -2.81. The summed E-state index contributed by atoms with van der Waals surface area (Å²) in [6, 6.07) is 10.9. The van der Waals surface area contributed by atoms with Crippen LogP contribution in [0.1, 0.15) is 0 Å². The van der Waals surface area contributed by atoms with Gasteiger partial charge in [-0.25, -0.2) is 4.21 Å². The third-order valence-electron chi connectivity index (χ3n) is 2.84. The number of benzene rings is 2. The SMILES string of the molecule is O=[N+]([O-])c1ccc(S(=O)c2ccccc2)c2c1no[n+]2[O-]. The third-order valence-corrected chi connectivity index (χ3v) is 4.26. The number of nitrogens with zero attached hydrogens (tertiary/aromatic N) is 3. The minimum atomic E-state index is -1.67. The lowest BCUT2D eigenvalue weighted by Crippen LogP contribution is -2.24. The monoisotopic (exact) mass is 305 g/mol. The van der Waals surface area contributed by atoms with Gasteiger partial charge < -0.3 is 5.21 Å². The number of aromatic nitrogens is 2. The molecule has 0 bridgehead atoms. The minimum Gasteiger partial charge on any atom is -0.359 e. The van der Waals surface area contributed by atoms with E-state index < -0.39 is 15.7 Å². The molecule has 1 atom stereocenters. The summed E-state index contributed by atoms with van der Waals surface area (Å²) in [5, 5.41) is 25.9. The Kier molecular flexibility index (Phi) is 3.10. The quantitative estimate of drug-likeness (QED) is 0.412. The Morgan fingerprint density at radius 3 is 2.57 bits per heavy atom. The van der Waals surface area contributed by atoms with Crippen molar-refractivity contribution in [3.63, 3.8) is 0 Å². The molecule has 0 aliphatic heterocycles. The van der Waals surface area contributed by atoms with Gasteiger partial charge in [0, 0.05) is 11.0 Å². The van der Waals surface area contributed by atoms with Crippen LogP contribution in [0.5, 0.6) is 0 Å². The highest BCUT2D eigenvalue weighted by molar-refractivity contribution is 7.85. The van der Waals surface area contributed by atoms with Crippen molar-refractivity contribution in [2.75, 3.05) is 0 Å². The fraction of sp³-hybridized carbons (Fsp3) is 0. The maximum atomic E-state index is 12.5. The Balaban J connectivity index is 2.25. The Bertz CT molecular complexity index is 862. The molecule has 0 N–H and O–H groups in total. The highest BCUT2D eigenvalue weighted by Crippen LogP contribution is 2.28. The van der Waals surface area contributed by atoms with E-state index in [-0.39, 0.29) is 26.5 Å². The Labute approximate surface area is 119 Å². The molecular formula is C12H7N3O5S. The summed E-state index contributed by atoms with van der Waals surface area (Å²) in [4.78, 5) is 10.8. The molecule has 106 valence electrons. The first-order chi connectivity index (χ1) is 10.1. The first-order valence-electron chi connectivity index (χ1n) is 5.73. The van der Waals surface area contributed by atoms with E-state index in [1.54, 1.807) is 30.3 Å². The Morgan fingerprint density at radius 1 is 1.19 bits per heavy atom. The molecule has 0 amide bonds. The van der Waals surface area contributed by atoms with Crippen molar-refractivity contribution in [3.05, 3.63) is 57.8 Å². The molecule has 0 aliphatic rings. The molecule has 0 radical (unpaired) electrons. The molecule has 0 aliphatic carbocycles. The smallest absolute Gasteiger partial charge is 0.327 e. The van der Waals surface area contributed by atoms with E-state index in [1.165, 1.54) is 6.07 Å². The summed E-state index contributed by atoms with van der Waals surface area (Å²) in [7, 11) is -1.67. The van der Waals surface area contributed by atoms with E-state index in [2.05, 4.69) is 9.79 Å². The average Bonchev–Trinajstić information content (AvgIpc) is 2.89. The first-order valence-corrected chi connectivity index (χ1v) is 6.88. The number of non-ortho nitro benzene ring substituents is 1. The molecular weight excluding hydrogens is 298 g/mol. The average molecular weight is 305 g/mol. The van der Waals surface area contributed by atoms with Crippen LogP contribution in [0.25, 0.3) is 11.0 Å². The van der Waals surface area contributed by atoms with Crippen LogP contribution in [0.15, 0.2) is 56.9 Å². The number of hydrogen-bond acceptors (Lipinski definition) is 6. The third kappa shape index (κ3) is 2.13. The summed E-state index contributed by atoms with van der Waals surface area (Å²) in [6.45, 7) is 0. The van der Waals surface area contributed by atoms with Gasteiger partial charge in [-0.05, 0) is 23.1 Å². The van der Waals surface area contributed by atoms with Crippen LogP contribution in [-0.2, 0) is 10.8 Å². The predicted octanol–water partition coefficient (Wildman–Crippen LogP) is 1.54. The van der Waals surface area contributed by atoms with Gasteiger partial charge in [-0.3, -0.25) is 14.7 Å². The second-order valence-electron chi connectivity index (χ2n) is 4.05. The summed E-state index contributed by atoms with van der Waals surface area (Å²) in [5.41, 5.74) is -0.805. The molecule has 8 nitrogen and oxygen atoms in total. The van der Waals surface area contributed by atoms with Crippen molar-refractivity contribution in [2.45, 2.75) is 9.79 Å². The molecule has 0 spiro atoms. The largest absolute Gasteiger partial charge is 0.359 e. The van der Waals surface area contributed by atoms with Gasteiger partial charge in [-0.1, -0.05) is 18.2 Å². The van der Waals surface area contributed by atoms with Gasteiger partial charge in [0.1, 0.15) is 4.90 Å². The molecule has 1 heterocycles. The van der Waals surface area contributed by atoms with E-state index in [0.29, 0.717) is 4.90 Å². The second kappa shape index (κ2) is 4.94. The van der Waals surface area contributed by atoms with E-state index >= 15 is 0 Å². The molecule has 3 rings (SSSR count). The standard InChI is InChI=1S/C12H7N3O5S/c16-14(17)9-6-7-10(12-11(9)13-20-15(12)18)21(19)8-4-2-1-3-5-8/h1-7H. The van der Waals surface area contributed by atoms with E-state index in [4.69, 9.17) is 0 Å². The van der Waals surface area contributed by atoms with Crippen LogP contribution in [0.2, 0.25) is 0 Å². The zero-order valence-electron chi connectivity index (χ0n) is 10.3. The van der Waals surface area contributed by atoms with Gasteiger partial charge in [-0.2, -0.15) is 0 Å². The van der Waals surface area contributed by atoms with Crippen molar-refractivity contribution < 1.29 is 18.7 Å². The van der Waals surface area contributed by atoms with Crippen molar-refractivity contribution in [1.29, 1.82) is 0 Å². The lowest BCUT2D eigenvalue weighted by Gasteiger charge is -2.02. The van der Waals surface area contributed by atoms with E-state index in [0.717, 1.165) is 6.07 Å². The number of fused-ring (bicyclic) bond motifs is 1. The molecule has 0 saturated carbocycles. The Morgan fingerprint density at radius 2 is 1.90 bits per heavy atom. The summed E-state index contributed by atoms with van der Waals surface area (Å²) in [6.07, 6.45) is 0. The molecule has 0 saturated heterocycles. The molecule has 3 aromatic rings. The van der Waals surface area contributed by atoms with Gasteiger partial charge >= 0.3 is 11.2 Å². The zero-order chi connectivity index (χ0) is 15.0. The van der Waals surface area contributed by atoms with Crippen LogP contribution in [0.3, 0.4) is 0 Å². The topological polar surface area (TPSA) is 113 Å². The normalized spacial score (nSPS) is 12.4. The fourth-order valence-corrected chi connectivity index (χ4v) is 3.10. The number of nitro benzene ring substituents is 1. The molecule has 21 heavy (non-hydrogen) atoms. The van der Waals surface area contributed by atoms with Gasteiger partial charge in [0.05, 0.1) is 20.9 Å². The van der Waals surface area contributed by atoms with Crippen LogP contribution in [0.4, 0.5) is 5.69 Å². The van der Waals surface area contributed by atoms with E-state index in [1.807, 2.05) is 0 Å². The van der Waals surface area contributed by atoms with Crippen molar-refractivity contribution in [2.24, 2.45) is 0 Å². The molecule has 9 heteroatoms. The van der Waals surface area contributed by atoms with Gasteiger partial charge in [0.25, 0.3) is 0 Å². The van der Waals surface area contributed by atoms with E-state index in [9.17, 15) is 19.5 Å². The van der Waals surface area contributed by atoms with Crippen LogP contribution >= 0.6 is 0 Å². The summed E-state index contributed by atoms with van der Waals surface area (Å²) >= 11 is 0. The van der Waals surface area contributed by atoms with Crippen molar-refractivity contribution in [1.82, 2.24) is 5.16 Å². The number of rotatable bonds is 3. The van der Waals surface area contributed by atoms with Crippen LogP contribution < -0.4 is 4.90 Å². The van der Waals surface area contributed by atoms with Gasteiger partial charge in [0.15, 0.2) is 0 Å². The molecule has 2 aromatic carbocycles.